The van der Waals surface area contributed by atoms with Crippen molar-refractivity contribution in [1.82, 2.24) is 9.97 Å². The Kier molecular flexibility index (Phi) is 2.68. The molecule has 0 spiro atoms. The summed E-state index contributed by atoms with van der Waals surface area (Å²) in [4.78, 5) is 18.1. The van der Waals surface area contributed by atoms with E-state index in [0.29, 0.717) is 5.69 Å². The standard InChI is InChI=1S/C11H10FN3O/c1-7-2-3-9(6-13-7)15-11(16)10-4-8(12)5-14-10/h2-6,14H,1H3,(H,15,16). The van der Waals surface area contributed by atoms with E-state index in [0.717, 1.165) is 18.0 Å². The third-order valence-electron chi connectivity index (χ3n) is 2.06. The lowest BCUT2D eigenvalue weighted by atomic mass is 10.3. The van der Waals surface area contributed by atoms with Gasteiger partial charge in [0.25, 0.3) is 5.91 Å². The quantitative estimate of drug-likeness (QED) is 0.812. The Hall–Kier alpha value is -2.17. The molecule has 0 aliphatic carbocycles. The zero-order valence-electron chi connectivity index (χ0n) is 8.62. The van der Waals surface area contributed by atoms with Crippen molar-refractivity contribution in [2.75, 3.05) is 5.32 Å². The molecule has 0 bridgehead atoms. The average Bonchev–Trinajstić information content (AvgIpc) is 2.68. The Balaban J connectivity index is 2.10. The molecule has 2 aromatic rings. The van der Waals surface area contributed by atoms with Crippen LogP contribution in [0.3, 0.4) is 0 Å². The van der Waals surface area contributed by atoms with Crippen LogP contribution in [0.15, 0.2) is 30.6 Å². The van der Waals surface area contributed by atoms with Gasteiger partial charge in [0, 0.05) is 18.0 Å². The number of aromatic amines is 1. The van der Waals surface area contributed by atoms with E-state index in [1.165, 1.54) is 0 Å². The van der Waals surface area contributed by atoms with E-state index in [1.807, 2.05) is 6.92 Å². The number of carbonyl (C=O) groups excluding carboxylic acids is 1. The maximum absolute atomic E-state index is 12.7. The van der Waals surface area contributed by atoms with Gasteiger partial charge in [-0.15, -0.1) is 0 Å². The summed E-state index contributed by atoms with van der Waals surface area (Å²) in [5, 5.41) is 2.60. The Morgan fingerprint density at radius 1 is 1.50 bits per heavy atom. The monoisotopic (exact) mass is 219 g/mol. The molecule has 82 valence electrons. The molecule has 2 heterocycles. The van der Waals surface area contributed by atoms with Crippen LogP contribution in [-0.2, 0) is 0 Å². The highest BCUT2D eigenvalue weighted by molar-refractivity contribution is 6.02. The number of pyridine rings is 1. The predicted octanol–water partition coefficient (Wildman–Crippen LogP) is 2.11. The molecular weight excluding hydrogens is 209 g/mol. The Morgan fingerprint density at radius 3 is 2.88 bits per heavy atom. The van der Waals surface area contributed by atoms with Gasteiger partial charge < -0.3 is 10.3 Å². The van der Waals surface area contributed by atoms with Crippen molar-refractivity contribution in [3.8, 4) is 0 Å². The van der Waals surface area contributed by atoms with Crippen LogP contribution >= 0.6 is 0 Å². The molecule has 4 nitrogen and oxygen atoms in total. The molecule has 0 saturated heterocycles. The second-order valence-electron chi connectivity index (χ2n) is 3.37. The van der Waals surface area contributed by atoms with E-state index >= 15 is 0 Å². The van der Waals surface area contributed by atoms with Crippen molar-refractivity contribution >= 4 is 11.6 Å². The van der Waals surface area contributed by atoms with Crippen LogP contribution in [0, 0.1) is 12.7 Å². The smallest absolute Gasteiger partial charge is 0.272 e. The van der Waals surface area contributed by atoms with Crippen LogP contribution in [0.5, 0.6) is 0 Å². The molecule has 0 atom stereocenters. The normalized spacial score (nSPS) is 10.1. The number of anilines is 1. The molecular formula is C11H10FN3O. The van der Waals surface area contributed by atoms with Crippen LogP contribution in [0.25, 0.3) is 0 Å². The van der Waals surface area contributed by atoms with E-state index in [2.05, 4.69) is 15.3 Å². The third-order valence-corrected chi connectivity index (χ3v) is 2.06. The van der Waals surface area contributed by atoms with Crippen molar-refractivity contribution in [2.24, 2.45) is 0 Å². The van der Waals surface area contributed by atoms with Gasteiger partial charge in [0.05, 0.1) is 11.9 Å². The van der Waals surface area contributed by atoms with Crippen LogP contribution in [-0.4, -0.2) is 15.9 Å². The number of hydrogen-bond acceptors (Lipinski definition) is 2. The first-order chi connectivity index (χ1) is 7.65. The van der Waals surface area contributed by atoms with Crippen molar-refractivity contribution in [3.63, 3.8) is 0 Å². The number of rotatable bonds is 2. The van der Waals surface area contributed by atoms with E-state index in [-0.39, 0.29) is 5.69 Å². The zero-order valence-corrected chi connectivity index (χ0v) is 8.62. The van der Waals surface area contributed by atoms with E-state index < -0.39 is 11.7 Å². The molecule has 0 aliphatic heterocycles. The van der Waals surface area contributed by atoms with E-state index in [4.69, 9.17) is 0 Å². The van der Waals surface area contributed by atoms with Crippen LogP contribution in [0.4, 0.5) is 10.1 Å². The first-order valence-corrected chi connectivity index (χ1v) is 4.73. The molecule has 0 fully saturated rings. The lowest BCUT2D eigenvalue weighted by Crippen LogP contribution is -2.12. The number of amides is 1. The van der Waals surface area contributed by atoms with Gasteiger partial charge >= 0.3 is 0 Å². The molecule has 16 heavy (non-hydrogen) atoms. The molecule has 0 saturated carbocycles. The highest BCUT2D eigenvalue weighted by Crippen LogP contribution is 2.08. The minimum absolute atomic E-state index is 0.179. The second-order valence-corrected chi connectivity index (χ2v) is 3.37. The molecule has 0 radical (unpaired) electrons. The minimum atomic E-state index is -0.466. The number of H-pyrrole nitrogens is 1. The van der Waals surface area contributed by atoms with Gasteiger partial charge in [-0.1, -0.05) is 0 Å². The first kappa shape index (κ1) is 10.4. The summed E-state index contributed by atoms with van der Waals surface area (Å²) in [6.45, 7) is 1.85. The number of aryl methyl sites for hydroxylation is 1. The van der Waals surface area contributed by atoms with Gasteiger partial charge in [0.2, 0.25) is 0 Å². The van der Waals surface area contributed by atoms with Crippen LogP contribution in [0.1, 0.15) is 16.2 Å². The second kappa shape index (κ2) is 4.14. The number of hydrogen-bond donors (Lipinski definition) is 2. The van der Waals surface area contributed by atoms with Crippen molar-refractivity contribution in [3.05, 3.63) is 47.8 Å². The van der Waals surface area contributed by atoms with Crippen LogP contribution < -0.4 is 5.32 Å². The Morgan fingerprint density at radius 2 is 2.31 bits per heavy atom. The average molecular weight is 219 g/mol. The fraction of sp³-hybridized carbons (Fsp3) is 0.0909. The maximum atomic E-state index is 12.7. The number of aromatic nitrogens is 2. The molecule has 5 heteroatoms. The molecule has 0 unspecified atom stereocenters. The van der Waals surface area contributed by atoms with Crippen molar-refractivity contribution < 1.29 is 9.18 Å². The topological polar surface area (TPSA) is 57.8 Å². The van der Waals surface area contributed by atoms with Gasteiger partial charge in [0.15, 0.2) is 0 Å². The zero-order chi connectivity index (χ0) is 11.5. The molecule has 1 amide bonds. The van der Waals surface area contributed by atoms with Crippen LogP contribution in [0.2, 0.25) is 0 Å². The summed E-state index contributed by atoms with van der Waals surface area (Å²) in [5.41, 5.74) is 1.62. The first-order valence-electron chi connectivity index (χ1n) is 4.73. The summed E-state index contributed by atoms with van der Waals surface area (Å²) in [5.74, 6) is -0.860. The number of halogens is 1. The number of nitrogens with one attached hydrogen (secondary N) is 2. The van der Waals surface area contributed by atoms with Crippen molar-refractivity contribution in [1.29, 1.82) is 0 Å². The Labute approximate surface area is 91.5 Å². The van der Waals surface area contributed by atoms with Crippen molar-refractivity contribution in [2.45, 2.75) is 6.92 Å². The fourth-order valence-corrected chi connectivity index (χ4v) is 1.24. The summed E-state index contributed by atoms with van der Waals surface area (Å²) < 4.78 is 12.7. The molecule has 2 N–H and O–H groups in total. The molecule has 2 aromatic heterocycles. The van der Waals surface area contributed by atoms with Gasteiger partial charge in [-0.2, -0.15) is 0 Å². The molecule has 0 aliphatic rings. The Bertz CT molecular complexity index is 504. The predicted molar refractivity (Wildman–Crippen MR) is 57.7 cm³/mol. The number of nitrogens with zero attached hydrogens (tertiary/aromatic N) is 1. The summed E-state index contributed by atoms with van der Waals surface area (Å²) >= 11 is 0. The SMILES string of the molecule is Cc1ccc(NC(=O)c2cc(F)c[nH]2)cn1. The van der Waals surface area contributed by atoms with Gasteiger partial charge in [-0.05, 0) is 19.1 Å². The van der Waals surface area contributed by atoms with Gasteiger partial charge in [-0.25, -0.2) is 4.39 Å². The fourth-order valence-electron chi connectivity index (χ4n) is 1.24. The summed E-state index contributed by atoms with van der Waals surface area (Å²) in [6.07, 6.45) is 2.68. The lowest BCUT2D eigenvalue weighted by molar-refractivity contribution is 0.102. The highest BCUT2D eigenvalue weighted by Gasteiger charge is 2.08. The van der Waals surface area contributed by atoms with Gasteiger partial charge in [-0.3, -0.25) is 9.78 Å². The lowest BCUT2D eigenvalue weighted by Gasteiger charge is -2.02. The number of carbonyl (C=O) groups is 1. The van der Waals surface area contributed by atoms with Gasteiger partial charge in [0.1, 0.15) is 11.5 Å². The van der Waals surface area contributed by atoms with E-state index in [9.17, 15) is 9.18 Å². The molecule has 0 aromatic carbocycles. The third kappa shape index (κ3) is 2.25. The minimum Gasteiger partial charge on any atom is -0.355 e. The highest BCUT2D eigenvalue weighted by atomic mass is 19.1. The maximum Gasteiger partial charge on any atom is 0.272 e. The van der Waals surface area contributed by atoms with E-state index in [1.54, 1.807) is 18.3 Å². The largest absolute Gasteiger partial charge is 0.355 e. The summed E-state index contributed by atoms with van der Waals surface area (Å²) in [7, 11) is 0. The summed E-state index contributed by atoms with van der Waals surface area (Å²) in [6, 6.07) is 4.65. The molecule has 2 rings (SSSR count).